The minimum Gasteiger partial charge on any atom is -0.351 e. The highest BCUT2D eigenvalue weighted by atomic mass is 35.5. The number of aromatic amines is 1. The fraction of sp³-hybridized carbons (Fsp3) is 0.182. The Labute approximate surface area is 96.2 Å². The number of H-pyrrole nitrogens is 1. The Morgan fingerprint density at radius 2 is 2.00 bits per heavy atom. The van der Waals surface area contributed by atoms with Gasteiger partial charge in [0, 0.05) is 16.8 Å². The number of aryl methyl sites for hydroxylation is 1. The van der Waals surface area contributed by atoms with Crippen LogP contribution in [0.2, 0.25) is 10.0 Å². The van der Waals surface area contributed by atoms with Crippen molar-refractivity contribution < 1.29 is 4.79 Å². The predicted octanol–water partition coefficient (Wildman–Crippen LogP) is 3.60. The summed E-state index contributed by atoms with van der Waals surface area (Å²) in [4.78, 5) is 14.6. The van der Waals surface area contributed by atoms with Gasteiger partial charge in [-0.1, -0.05) is 23.2 Å². The van der Waals surface area contributed by atoms with E-state index in [4.69, 9.17) is 23.2 Å². The lowest BCUT2D eigenvalue weighted by Crippen LogP contribution is -1.91. The molecule has 1 heterocycles. The molecule has 0 radical (unpaired) electrons. The van der Waals surface area contributed by atoms with Gasteiger partial charge in [0.15, 0.2) is 5.78 Å². The monoisotopic (exact) mass is 239 g/mol. The molecular formula is C11H7Cl2NO. The maximum atomic E-state index is 11.5. The zero-order valence-electron chi connectivity index (χ0n) is 7.73. The molecule has 76 valence electrons. The molecule has 0 unspecified atom stereocenters. The number of hydrogen-bond acceptors (Lipinski definition) is 1. The fourth-order valence-electron chi connectivity index (χ4n) is 2.13. The average Bonchev–Trinajstić information content (AvgIpc) is 2.68. The van der Waals surface area contributed by atoms with Gasteiger partial charge in [-0.25, -0.2) is 0 Å². The smallest absolute Gasteiger partial charge is 0.179 e. The summed E-state index contributed by atoms with van der Waals surface area (Å²) >= 11 is 12.0. The largest absolute Gasteiger partial charge is 0.351 e. The number of rotatable bonds is 0. The molecule has 1 aromatic heterocycles. The summed E-state index contributed by atoms with van der Waals surface area (Å²) in [6.45, 7) is 0. The Morgan fingerprint density at radius 3 is 2.80 bits per heavy atom. The minimum absolute atomic E-state index is 0.161. The van der Waals surface area contributed by atoms with Crippen LogP contribution in [-0.2, 0) is 6.42 Å². The van der Waals surface area contributed by atoms with E-state index in [1.807, 2.05) is 6.07 Å². The van der Waals surface area contributed by atoms with Crippen molar-refractivity contribution in [3.8, 4) is 0 Å². The number of aromatic nitrogens is 1. The fourth-order valence-corrected chi connectivity index (χ4v) is 2.68. The van der Waals surface area contributed by atoms with E-state index in [2.05, 4.69) is 4.98 Å². The van der Waals surface area contributed by atoms with Gasteiger partial charge in [-0.2, -0.15) is 0 Å². The molecule has 0 aliphatic heterocycles. The lowest BCUT2D eigenvalue weighted by molar-refractivity contribution is 0.0991. The first-order valence-electron chi connectivity index (χ1n) is 4.69. The van der Waals surface area contributed by atoms with Crippen molar-refractivity contribution in [3.05, 3.63) is 33.4 Å². The molecule has 0 atom stereocenters. The molecule has 0 fully saturated rings. The van der Waals surface area contributed by atoms with Gasteiger partial charge in [0.05, 0.1) is 16.2 Å². The van der Waals surface area contributed by atoms with Crippen molar-refractivity contribution in [2.24, 2.45) is 0 Å². The Hall–Kier alpha value is -0.990. The molecule has 3 rings (SSSR count). The van der Waals surface area contributed by atoms with Crippen LogP contribution in [-0.4, -0.2) is 10.8 Å². The molecule has 0 amide bonds. The Bertz CT molecular complexity index is 586. The molecule has 1 aliphatic carbocycles. The van der Waals surface area contributed by atoms with Crippen molar-refractivity contribution in [1.29, 1.82) is 0 Å². The normalized spacial score (nSPS) is 14.9. The summed E-state index contributed by atoms with van der Waals surface area (Å²) in [6, 6.07) is 3.54. The highest BCUT2D eigenvalue weighted by Crippen LogP contribution is 2.35. The van der Waals surface area contributed by atoms with Gasteiger partial charge >= 0.3 is 0 Å². The third-order valence-corrected chi connectivity index (χ3v) is 3.33. The first-order valence-corrected chi connectivity index (χ1v) is 5.45. The molecule has 15 heavy (non-hydrogen) atoms. The second-order valence-electron chi connectivity index (χ2n) is 3.71. The number of carbonyl (C=O) groups is 1. The molecule has 0 saturated heterocycles. The molecule has 0 bridgehead atoms. The minimum atomic E-state index is 0.161. The third kappa shape index (κ3) is 1.22. The average molecular weight is 240 g/mol. The van der Waals surface area contributed by atoms with E-state index in [1.54, 1.807) is 6.07 Å². The van der Waals surface area contributed by atoms with Crippen LogP contribution >= 0.6 is 23.2 Å². The number of carbonyl (C=O) groups excluding carboxylic acids is 1. The SMILES string of the molecule is O=C1CCc2c1[nH]c1c(Cl)cc(Cl)cc21. The van der Waals surface area contributed by atoms with Gasteiger partial charge in [0.1, 0.15) is 0 Å². The molecule has 0 saturated carbocycles. The Morgan fingerprint density at radius 1 is 1.20 bits per heavy atom. The summed E-state index contributed by atoms with van der Waals surface area (Å²) in [7, 11) is 0. The van der Waals surface area contributed by atoms with Crippen LogP contribution in [0.25, 0.3) is 10.9 Å². The van der Waals surface area contributed by atoms with Crippen LogP contribution < -0.4 is 0 Å². The van der Waals surface area contributed by atoms with Gasteiger partial charge in [-0.15, -0.1) is 0 Å². The first-order chi connectivity index (χ1) is 7.16. The van der Waals surface area contributed by atoms with E-state index in [0.29, 0.717) is 22.2 Å². The van der Waals surface area contributed by atoms with Crippen LogP contribution in [0.15, 0.2) is 12.1 Å². The number of halogens is 2. The molecular weight excluding hydrogens is 233 g/mol. The van der Waals surface area contributed by atoms with E-state index >= 15 is 0 Å². The number of hydrogen-bond donors (Lipinski definition) is 1. The topological polar surface area (TPSA) is 32.9 Å². The number of nitrogens with one attached hydrogen (secondary N) is 1. The molecule has 1 aromatic carbocycles. The van der Waals surface area contributed by atoms with Gasteiger partial charge in [-0.05, 0) is 24.1 Å². The van der Waals surface area contributed by atoms with Crippen LogP contribution in [0.3, 0.4) is 0 Å². The van der Waals surface area contributed by atoms with Crippen LogP contribution in [0.5, 0.6) is 0 Å². The zero-order valence-corrected chi connectivity index (χ0v) is 9.24. The number of benzene rings is 1. The van der Waals surface area contributed by atoms with E-state index in [-0.39, 0.29) is 5.78 Å². The van der Waals surface area contributed by atoms with Crippen LogP contribution in [0.1, 0.15) is 22.5 Å². The lowest BCUT2D eigenvalue weighted by Gasteiger charge is -1.97. The summed E-state index contributed by atoms with van der Waals surface area (Å²) in [5.41, 5.74) is 2.58. The molecule has 1 aliphatic rings. The maximum absolute atomic E-state index is 11.5. The van der Waals surface area contributed by atoms with Gasteiger partial charge < -0.3 is 4.98 Å². The Balaban J connectivity index is 2.44. The van der Waals surface area contributed by atoms with Crippen molar-refractivity contribution in [2.45, 2.75) is 12.8 Å². The lowest BCUT2D eigenvalue weighted by atomic mass is 10.1. The maximum Gasteiger partial charge on any atom is 0.179 e. The van der Waals surface area contributed by atoms with E-state index in [0.717, 1.165) is 22.9 Å². The van der Waals surface area contributed by atoms with Crippen molar-refractivity contribution in [2.75, 3.05) is 0 Å². The highest BCUT2D eigenvalue weighted by Gasteiger charge is 2.25. The number of fused-ring (bicyclic) bond motifs is 3. The number of Topliss-reactive ketones (excluding diaryl/α,β-unsaturated/α-hetero) is 1. The van der Waals surface area contributed by atoms with E-state index < -0.39 is 0 Å². The van der Waals surface area contributed by atoms with Crippen molar-refractivity contribution in [3.63, 3.8) is 0 Å². The molecule has 2 aromatic rings. The molecule has 2 nitrogen and oxygen atoms in total. The Kier molecular flexibility index (Phi) is 1.85. The predicted molar refractivity (Wildman–Crippen MR) is 61.0 cm³/mol. The van der Waals surface area contributed by atoms with Crippen LogP contribution in [0.4, 0.5) is 0 Å². The second-order valence-corrected chi connectivity index (χ2v) is 4.56. The number of ketones is 1. The zero-order chi connectivity index (χ0) is 10.6. The quantitative estimate of drug-likeness (QED) is 0.749. The third-order valence-electron chi connectivity index (χ3n) is 2.81. The molecule has 4 heteroatoms. The first kappa shape index (κ1) is 9.25. The summed E-state index contributed by atoms with van der Waals surface area (Å²) in [5.74, 6) is 0.161. The standard InChI is InChI=1S/C11H7Cl2NO/c12-5-3-7-6-1-2-9(15)11(6)14-10(7)8(13)4-5/h3-4,14H,1-2H2. The van der Waals surface area contributed by atoms with E-state index in [9.17, 15) is 4.79 Å². The molecule has 1 N–H and O–H groups in total. The second kappa shape index (κ2) is 3.00. The summed E-state index contributed by atoms with van der Waals surface area (Å²) < 4.78 is 0. The van der Waals surface area contributed by atoms with Crippen molar-refractivity contribution in [1.82, 2.24) is 4.98 Å². The summed E-state index contributed by atoms with van der Waals surface area (Å²) in [5, 5.41) is 2.15. The van der Waals surface area contributed by atoms with E-state index in [1.165, 1.54) is 0 Å². The van der Waals surface area contributed by atoms with Gasteiger partial charge in [0.25, 0.3) is 0 Å². The van der Waals surface area contributed by atoms with Gasteiger partial charge in [0.2, 0.25) is 0 Å². The van der Waals surface area contributed by atoms with Crippen LogP contribution in [0, 0.1) is 0 Å². The van der Waals surface area contributed by atoms with Crippen molar-refractivity contribution >= 4 is 39.9 Å². The summed E-state index contributed by atoms with van der Waals surface area (Å²) in [6.07, 6.45) is 1.37. The highest BCUT2D eigenvalue weighted by molar-refractivity contribution is 6.38. The molecule has 0 spiro atoms. The van der Waals surface area contributed by atoms with Gasteiger partial charge in [-0.3, -0.25) is 4.79 Å².